The molecule has 0 aromatic heterocycles. The summed E-state index contributed by atoms with van der Waals surface area (Å²) < 4.78 is 15.5. The number of hydrogen-bond donors (Lipinski definition) is 1. The van der Waals surface area contributed by atoms with Crippen molar-refractivity contribution in [2.24, 2.45) is 5.73 Å². The van der Waals surface area contributed by atoms with Crippen LogP contribution < -0.4 is 10.5 Å². The average Bonchev–Trinajstić information content (AvgIpc) is 2.44. The molecule has 0 amide bonds. The Morgan fingerprint density at radius 1 is 1.23 bits per heavy atom. The van der Waals surface area contributed by atoms with Gasteiger partial charge in [0.25, 0.3) is 5.72 Å². The molecule has 22 heavy (non-hydrogen) atoms. The number of methoxy groups -OCH3 is 1. The molecule has 0 aliphatic carbocycles. The normalized spacial score (nSPS) is 13.9. The highest BCUT2D eigenvalue weighted by Gasteiger charge is 2.39. The van der Waals surface area contributed by atoms with Crippen LogP contribution in [0, 0.1) is 0 Å². The lowest BCUT2D eigenvalue weighted by Gasteiger charge is -2.30. The van der Waals surface area contributed by atoms with Crippen molar-refractivity contribution in [2.75, 3.05) is 7.11 Å². The Bertz CT molecular complexity index is 550. The first kappa shape index (κ1) is 18.0. The second-order valence-electron chi connectivity index (χ2n) is 5.87. The lowest BCUT2D eigenvalue weighted by molar-refractivity contribution is -0.174. The number of esters is 2. The number of carbonyl (C=O) groups excluding carboxylic acids is 2. The Morgan fingerprint density at radius 3 is 2.36 bits per heavy atom. The van der Waals surface area contributed by atoms with Crippen molar-refractivity contribution >= 4 is 11.9 Å². The van der Waals surface area contributed by atoms with Crippen LogP contribution in [-0.2, 0) is 14.3 Å². The molecule has 122 valence electrons. The minimum atomic E-state index is -1.62. The Morgan fingerprint density at radius 2 is 1.86 bits per heavy atom. The zero-order valence-electron chi connectivity index (χ0n) is 13.6. The molecule has 0 aliphatic heterocycles. The van der Waals surface area contributed by atoms with E-state index >= 15 is 0 Å². The molecule has 0 heterocycles. The summed E-state index contributed by atoms with van der Waals surface area (Å²) in [5.74, 6) is -0.870. The van der Waals surface area contributed by atoms with Gasteiger partial charge in [0.2, 0.25) is 0 Å². The maximum absolute atomic E-state index is 12.2. The van der Waals surface area contributed by atoms with Crippen molar-refractivity contribution in [3.63, 3.8) is 0 Å². The van der Waals surface area contributed by atoms with E-state index in [1.165, 1.54) is 13.2 Å². The number of hydrogen-bond acceptors (Lipinski definition) is 6. The summed E-state index contributed by atoms with van der Waals surface area (Å²) >= 11 is 0. The summed E-state index contributed by atoms with van der Waals surface area (Å²) in [5.41, 5.74) is 4.04. The van der Waals surface area contributed by atoms with Crippen molar-refractivity contribution in [2.45, 2.75) is 45.4 Å². The van der Waals surface area contributed by atoms with Crippen LogP contribution >= 0.6 is 0 Å². The highest BCUT2D eigenvalue weighted by atomic mass is 16.6. The van der Waals surface area contributed by atoms with E-state index in [1.807, 2.05) is 0 Å². The summed E-state index contributed by atoms with van der Waals surface area (Å²) in [7, 11) is 1.29. The zero-order chi connectivity index (χ0) is 17.0. The Kier molecular flexibility index (Phi) is 5.54. The van der Waals surface area contributed by atoms with Crippen LogP contribution in [0.5, 0.6) is 5.75 Å². The maximum atomic E-state index is 12.2. The van der Waals surface area contributed by atoms with Crippen molar-refractivity contribution in [1.29, 1.82) is 0 Å². The molecule has 1 unspecified atom stereocenters. The van der Waals surface area contributed by atoms with Crippen LogP contribution in [0.3, 0.4) is 0 Å². The fourth-order valence-electron chi connectivity index (χ4n) is 1.64. The molecule has 0 spiro atoms. The first-order valence-electron chi connectivity index (χ1n) is 7.01. The van der Waals surface area contributed by atoms with E-state index in [2.05, 4.69) is 4.74 Å². The number of benzene rings is 1. The topological polar surface area (TPSA) is 87.9 Å². The number of nitrogens with two attached hydrogens (primary N) is 1. The third kappa shape index (κ3) is 4.73. The van der Waals surface area contributed by atoms with Gasteiger partial charge in [-0.2, -0.15) is 0 Å². The highest BCUT2D eigenvalue weighted by molar-refractivity contribution is 5.89. The quantitative estimate of drug-likeness (QED) is 0.663. The van der Waals surface area contributed by atoms with Crippen molar-refractivity contribution < 1.29 is 23.8 Å². The molecule has 6 nitrogen and oxygen atoms in total. The summed E-state index contributed by atoms with van der Waals surface area (Å²) in [6.45, 7) is 6.96. The molecule has 1 rings (SSSR count). The van der Waals surface area contributed by atoms with Crippen LogP contribution in [0.1, 0.15) is 44.5 Å². The molecule has 0 aliphatic rings. The fourth-order valence-corrected chi connectivity index (χ4v) is 1.64. The van der Waals surface area contributed by atoms with Gasteiger partial charge in [-0.15, -0.1) is 0 Å². The minimum Gasteiger partial charge on any atom is -0.465 e. The zero-order valence-corrected chi connectivity index (χ0v) is 13.6. The smallest absolute Gasteiger partial charge is 0.366 e. The SMILES string of the molecule is CCC(N)(Oc1cccc(C(=O)OC)c1)C(=O)OC(C)(C)C. The number of rotatable bonds is 5. The van der Waals surface area contributed by atoms with Gasteiger partial charge in [-0.3, -0.25) is 5.73 Å². The number of ether oxygens (including phenoxy) is 3. The molecule has 1 aromatic carbocycles. The first-order chi connectivity index (χ1) is 10.1. The van der Waals surface area contributed by atoms with Gasteiger partial charge in [-0.25, -0.2) is 9.59 Å². The van der Waals surface area contributed by atoms with E-state index in [0.29, 0.717) is 5.56 Å². The van der Waals surface area contributed by atoms with Gasteiger partial charge < -0.3 is 14.2 Å². The van der Waals surface area contributed by atoms with E-state index in [1.54, 1.807) is 45.9 Å². The number of carbonyl (C=O) groups is 2. The van der Waals surface area contributed by atoms with E-state index in [4.69, 9.17) is 15.2 Å². The minimum absolute atomic E-state index is 0.213. The third-order valence-electron chi connectivity index (χ3n) is 2.82. The molecule has 0 saturated heterocycles. The molecular weight excluding hydrogens is 286 g/mol. The second-order valence-corrected chi connectivity index (χ2v) is 5.87. The molecule has 0 bridgehead atoms. The van der Waals surface area contributed by atoms with Gasteiger partial charge in [0, 0.05) is 6.42 Å². The van der Waals surface area contributed by atoms with Gasteiger partial charge in [-0.05, 0) is 39.0 Å². The van der Waals surface area contributed by atoms with Crippen LogP contribution in [0.15, 0.2) is 24.3 Å². The van der Waals surface area contributed by atoms with Gasteiger partial charge in [0.1, 0.15) is 11.4 Å². The largest absolute Gasteiger partial charge is 0.465 e. The maximum Gasteiger partial charge on any atom is 0.366 e. The average molecular weight is 309 g/mol. The van der Waals surface area contributed by atoms with Crippen molar-refractivity contribution in [3.8, 4) is 5.75 Å². The van der Waals surface area contributed by atoms with Crippen LogP contribution in [-0.4, -0.2) is 30.4 Å². The van der Waals surface area contributed by atoms with E-state index < -0.39 is 23.3 Å². The highest BCUT2D eigenvalue weighted by Crippen LogP contribution is 2.22. The van der Waals surface area contributed by atoms with E-state index in [-0.39, 0.29) is 12.2 Å². The second kappa shape index (κ2) is 6.79. The molecule has 0 radical (unpaired) electrons. The van der Waals surface area contributed by atoms with Gasteiger partial charge in [0.15, 0.2) is 0 Å². The summed E-state index contributed by atoms with van der Waals surface area (Å²) in [6, 6.07) is 6.27. The summed E-state index contributed by atoms with van der Waals surface area (Å²) in [4.78, 5) is 23.7. The molecule has 1 aromatic rings. The Labute approximate surface area is 130 Å². The molecule has 0 fully saturated rings. The fraction of sp³-hybridized carbons (Fsp3) is 0.500. The van der Waals surface area contributed by atoms with Crippen LogP contribution in [0.4, 0.5) is 0 Å². The van der Waals surface area contributed by atoms with Gasteiger partial charge in [-0.1, -0.05) is 13.0 Å². The van der Waals surface area contributed by atoms with Crippen molar-refractivity contribution in [1.82, 2.24) is 0 Å². The van der Waals surface area contributed by atoms with Crippen LogP contribution in [0.2, 0.25) is 0 Å². The Hall–Kier alpha value is -2.08. The molecular formula is C16H23NO5. The summed E-state index contributed by atoms with van der Waals surface area (Å²) in [5, 5.41) is 0. The molecule has 2 N–H and O–H groups in total. The van der Waals surface area contributed by atoms with Crippen LogP contribution in [0.25, 0.3) is 0 Å². The lowest BCUT2D eigenvalue weighted by atomic mass is 10.1. The summed E-state index contributed by atoms with van der Waals surface area (Å²) in [6.07, 6.45) is 0.213. The lowest BCUT2D eigenvalue weighted by Crippen LogP contribution is -2.55. The molecule has 1 atom stereocenters. The predicted octanol–water partition coefficient (Wildman–Crippen LogP) is 2.26. The van der Waals surface area contributed by atoms with E-state index in [9.17, 15) is 9.59 Å². The Balaban J connectivity index is 2.98. The van der Waals surface area contributed by atoms with Crippen molar-refractivity contribution in [3.05, 3.63) is 29.8 Å². The standard InChI is InChI=1S/C16H23NO5/c1-6-16(17,14(19)22-15(2,3)4)21-12-9-7-8-11(10-12)13(18)20-5/h7-10H,6,17H2,1-5H3. The predicted molar refractivity (Wildman–Crippen MR) is 81.5 cm³/mol. The van der Waals surface area contributed by atoms with Gasteiger partial charge in [0.05, 0.1) is 12.7 Å². The molecule has 6 heteroatoms. The molecule has 0 saturated carbocycles. The third-order valence-corrected chi connectivity index (χ3v) is 2.82. The monoisotopic (exact) mass is 309 g/mol. The van der Waals surface area contributed by atoms with E-state index in [0.717, 1.165) is 0 Å². The first-order valence-corrected chi connectivity index (χ1v) is 7.01. The van der Waals surface area contributed by atoms with Gasteiger partial charge >= 0.3 is 11.9 Å².